The molecule has 0 saturated carbocycles. The Morgan fingerprint density at radius 3 is 2.68 bits per heavy atom. The highest BCUT2D eigenvalue weighted by Crippen LogP contribution is 2.12. The van der Waals surface area contributed by atoms with Gasteiger partial charge in [-0.1, -0.05) is 17.7 Å². The van der Waals surface area contributed by atoms with Crippen LogP contribution in [0.25, 0.3) is 0 Å². The summed E-state index contributed by atoms with van der Waals surface area (Å²) in [7, 11) is 0. The smallest absolute Gasteiger partial charge is 0.191 e. The number of hydrogen-bond acceptors (Lipinski definition) is 3. The van der Waals surface area contributed by atoms with Gasteiger partial charge in [-0.3, -0.25) is 10.4 Å². The minimum absolute atomic E-state index is 0.398. The fourth-order valence-corrected chi connectivity index (χ4v) is 1.60. The summed E-state index contributed by atoms with van der Waals surface area (Å²) in [4.78, 5) is 4.10. The van der Waals surface area contributed by atoms with Crippen LogP contribution in [0, 0.1) is 0 Å². The quantitative estimate of drug-likeness (QED) is 0.518. The zero-order chi connectivity index (χ0) is 13.5. The van der Waals surface area contributed by atoms with Crippen molar-refractivity contribution in [2.75, 3.05) is 5.32 Å². The zero-order valence-electron chi connectivity index (χ0n) is 9.88. The van der Waals surface area contributed by atoms with E-state index in [1.807, 2.05) is 30.3 Å². The van der Waals surface area contributed by atoms with Gasteiger partial charge in [-0.25, -0.2) is 0 Å². The van der Waals surface area contributed by atoms with Crippen LogP contribution in [0.3, 0.4) is 0 Å². The molecule has 0 aliphatic rings. The van der Waals surface area contributed by atoms with E-state index in [4.69, 9.17) is 23.8 Å². The van der Waals surface area contributed by atoms with E-state index in [-0.39, 0.29) is 0 Å². The van der Waals surface area contributed by atoms with E-state index in [1.165, 1.54) is 0 Å². The van der Waals surface area contributed by atoms with Crippen molar-refractivity contribution in [3.05, 3.63) is 59.4 Å². The number of hydrogen-bond donors (Lipinski definition) is 2. The number of benzene rings is 1. The Bertz CT molecular complexity index is 569. The Labute approximate surface area is 121 Å². The van der Waals surface area contributed by atoms with Crippen molar-refractivity contribution in [3.8, 4) is 0 Å². The van der Waals surface area contributed by atoms with Gasteiger partial charge >= 0.3 is 0 Å². The lowest BCUT2D eigenvalue weighted by Crippen LogP contribution is -2.23. The summed E-state index contributed by atoms with van der Waals surface area (Å²) < 4.78 is 0. The largest absolute Gasteiger partial charge is 0.331 e. The fraction of sp³-hybridized carbons (Fsp3) is 0. The molecule has 0 amide bonds. The average molecular weight is 291 g/mol. The Hall–Kier alpha value is -1.98. The maximum atomic E-state index is 5.79. The molecule has 1 aromatic heterocycles. The van der Waals surface area contributed by atoms with Crippen molar-refractivity contribution >= 4 is 40.8 Å². The molecule has 19 heavy (non-hydrogen) atoms. The van der Waals surface area contributed by atoms with Crippen molar-refractivity contribution in [1.82, 2.24) is 10.4 Å². The third-order valence-corrected chi connectivity index (χ3v) is 2.60. The highest BCUT2D eigenvalue weighted by molar-refractivity contribution is 7.80. The summed E-state index contributed by atoms with van der Waals surface area (Å²) in [5, 5.41) is 8.05. The molecule has 0 saturated heterocycles. The van der Waals surface area contributed by atoms with Crippen LogP contribution in [0.5, 0.6) is 0 Å². The van der Waals surface area contributed by atoms with Crippen molar-refractivity contribution in [3.63, 3.8) is 0 Å². The van der Waals surface area contributed by atoms with Crippen LogP contribution in [0.15, 0.2) is 53.8 Å². The van der Waals surface area contributed by atoms with Crippen LogP contribution in [0.4, 0.5) is 5.69 Å². The molecule has 0 bridgehead atoms. The lowest BCUT2D eigenvalue weighted by atomic mass is 10.3. The number of rotatable bonds is 3. The predicted octanol–water partition coefficient (Wildman–Crippen LogP) is 3.06. The van der Waals surface area contributed by atoms with Crippen LogP contribution in [-0.4, -0.2) is 16.3 Å². The Balaban J connectivity index is 1.85. The standard InChI is InChI=1S/C13H11ClN4S/c14-10-4-6-11(7-5-10)17-13(19)18-16-9-12-3-1-2-8-15-12/h1-9H,(H2,17,18,19)/b16-9+. The summed E-state index contributed by atoms with van der Waals surface area (Å²) in [5.74, 6) is 0. The molecular weight excluding hydrogens is 280 g/mol. The van der Waals surface area contributed by atoms with E-state index < -0.39 is 0 Å². The first-order valence-electron chi connectivity index (χ1n) is 5.51. The maximum absolute atomic E-state index is 5.79. The van der Waals surface area contributed by atoms with Crippen LogP contribution in [-0.2, 0) is 0 Å². The second kappa shape index (κ2) is 6.82. The van der Waals surface area contributed by atoms with Gasteiger partial charge in [0, 0.05) is 16.9 Å². The van der Waals surface area contributed by atoms with Gasteiger partial charge in [0.25, 0.3) is 0 Å². The first-order valence-corrected chi connectivity index (χ1v) is 6.29. The second-order valence-corrected chi connectivity index (χ2v) is 4.43. The molecule has 2 aromatic rings. The zero-order valence-corrected chi connectivity index (χ0v) is 11.4. The summed E-state index contributed by atoms with van der Waals surface area (Å²) in [6.45, 7) is 0. The fourth-order valence-electron chi connectivity index (χ4n) is 1.30. The number of nitrogens with zero attached hydrogens (tertiary/aromatic N) is 2. The molecule has 4 nitrogen and oxygen atoms in total. The summed E-state index contributed by atoms with van der Waals surface area (Å²) in [6.07, 6.45) is 3.29. The highest BCUT2D eigenvalue weighted by atomic mass is 35.5. The van der Waals surface area contributed by atoms with Crippen LogP contribution >= 0.6 is 23.8 Å². The van der Waals surface area contributed by atoms with Gasteiger partial charge in [-0.15, -0.1) is 0 Å². The molecular formula is C13H11ClN4S. The minimum Gasteiger partial charge on any atom is -0.331 e. The predicted molar refractivity (Wildman–Crippen MR) is 82.6 cm³/mol. The molecule has 2 N–H and O–H groups in total. The van der Waals surface area contributed by atoms with Crippen molar-refractivity contribution in [1.29, 1.82) is 0 Å². The Morgan fingerprint density at radius 2 is 2.00 bits per heavy atom. The van der Waals surface area contributed by atoms with Gasteiger partial charge in [-0.2, -0.15) is 5.10 Å². The average Bonchev–Trinajstić information content (AvgIpc) is 2.43. The summed E-state index contributed by atoms with van der Waals surface area (Å²) in [6, 6.07) is 12.8. The van der Waals surface area contributed by atoms with E-state index >= 15 is 0 Å². The molecule has 0 aliphatic carbocycles. The molecule has 1 heterocycles. The van der Waals surface area contributed by atoms with E-state index in [9.17, 15) is 0 Å². The van der Waals surface area contributed by atoms with E-state index in [1.54, 1.807) is 24.5 Å². The molecule has 2 rings (SSSR count). The second-order valence-electron chi connectivity index (χ2n) is 3.59. The van der Waals surface area contributed by atoms with Gasteiger partial charge in [0.2, 0.25) is 0 Å². The van der Waals surface area contributed by atoms with Gasteiger partial charge < -0.3 is 5.32 Å². The lowest BCUT2D eigenvalue weighted by Gasteiger charge is -2.06. The molecule has 1 aromatic carbocycles. The normalized spacial score (nSPS) is 10.4. The number of hydrazone groups is 1. The minimum atomic E-state index is 0.398. The number of pyridine rings is 1. The number of anilines is 1. The van der Waals surface area contributed by atoms with Crippen molar-refractivity contribution < 1.29 is 0 Å². The molecule has 0 fully saturated rings. The first kappa shape index (κ1) is 13.5. The number of thiocarbonyl (C=S) groups is 1. The Kier molecular flexibility index (Phi) is 4.83. The first-order chi connectivity index (χ1) is 9.24. The SMILES string of the molecule is S=C(N/N=C/c1ccccn1)Nc1ccc(Cl)cc1. The maximum Gasteiger partial charge on any atom is 0.191 e. The molecule has 0 aliphatic heterocycles. The molecule has 0 spiro atoms. The summed E-state index contributed by atoms with van der Waals surface area (Å²) in [5.41, 5.74) is 4.31. The van der Waals surface area contributed by atoms with Gasteiger partial charge in [0.1, 0.15) is 0 Å². The van der Waals surface area contributed by atoms with Gasteiger partial charge in [0.15, 0.2) is 5.11 Å². The highest BCUT2D eigenvalue weighted by Gasteiger charge is 1.95. The topological polar surface area (TPSA) is 49.3 Å². The summed E-state index contributed by atoms with van der Waals surface area (Å²) >= 11 is 10.9. The van der Waals surface area contributed by atoms with E-state index in [2.05, 4.69) is 20.8 Å². The van der Waals surface area contributed by atoms with Crippen LogP contribution in [0.1, 0.15) is 5.69 Å². The van der Waals surface area contributed by atoms with Gasteiger partial charge in [-0.05, 0) is 48.6 Å². The monoisotopic (exact) mass is 290 g/mol. The van der Waals surface area contributed by atoms with Crippen molar-refractivity contribution in [2.45, 2.75) is 0 Å². The molecule has 0 atom stereocenters. The molecule has 6 heteroatoms. The molecule has 0 unspecified atom stereocenters. The Morgan fingerprint density at radius 1 is 1.21 bits per heavy atom. The molecule has 96 valence electrons. The number of nitrogens with one attached hydrogen (secondary N) is 2. The lowest BCUT2D eigenvalue weighted by molar-refractivity contribution is 1.05. The molecule has 0 radical (unpaired) electrons. The third-order valence-electron chi connectivity index (χ3n) is 2.15. The van der Waals surface area contributed by atoms with E-state index in [0.29, 0.717) is 10.1 Å². The van der Waals surface area contributed by atoms with Crippen molar-refractivity contribution in [2.24, 2.45) is 5.10 Å². The van der Waals surface area contributed by atoms with Crippen LogP contribution < -0.4 is 10.7 Å². The third kappa shape index (κ3) is 4.65. The van der Waals surface area contributed by atoms with E-state index in [0.717, 1.165) is 11.4 Å². The number of halogens is 1. The number of aromatic nitrogens is 1. The van der Waals surface area contributed by atoms with Crippen LogP contribution in [0.2, 0.25) is 5.02 Å². The van der Waals surface area contributed by atoms with Gasteiger partial charge in [0.05, 0.1) is 11.9 Å².